The van der Waals surface area contributed by atoms with Gasteiger partial charge < -0.3 is 15.4 Å². The largest absolute Gasteiger partial charge is 0.495 e. The van der Waals surface area contributed by atoms with E-state index in [2.05, 4.69) is 41.1 Å². The Balaban J connectivity index is 1.32. The summed E-state index contributed by atoms with van der Waals surface area (Å²) in [6.45, 7) is 3.95. The average molecular weight is 472 g/mol. The lowest BCUT2D eigenvalue weighted by atomic mass is 9.89. The number of methoxy groups -OCH3 is 1. The van der Waals surface area contributed by atoms with Crippen molar-refractivity contribution >= 4 is 23.2 Å². The van der Waals surface area contributed by atoms with Crippen molar-refractivity contribution < 1.29 is 14.3 Å². The summed E-state index contributed by atoms with van der Waals surface area (Å²) in [5.41, 5.74) is 5.83. The van der Waals surface area contributed by atoms with Crippen molar-refractivity contribution in [2.24, 2.45) is 0 Å². The van der Waals surface area contributed by atoms with Gasteiger partial charge in [-0.15, -0.1) is 0 Å². The van der Waals surface area contributed by atoms with Crippen molar-refractivity contribution in [2.45, 2.75) is 51.6 Å². The lowest BCUT2D eigenvalue weighted by Gasteiger charge is -2.22. The molecule has 3 aromatic rings. The maximum absolute atomic E-state index is 12.8. The fraction of sp³-hybridized carbons (Fsp3) is 0.310. The Morgan fingerprint density at radius 1 is 0.857 bits per heavy atom. The van der Waals surface area contributed by atoms with Gasteiger partial charge in [0.05, 0.1) is 18.8 Å². The number of hydrogen-bond donors (Lipinski definition) is 3. The summed E-state index contributed by atoms with van der Waals surface area (Å²) in [4.78, 5) is 25.4. The predicted molar refractivity (Wildman–Crippen MR) is 140 cm³/mol. The van der Waals surface area contributed by atoms with Crippen molar-refractivity contribution in [2.75, 3.05) is 17.7 Å². The molecule has 2 amide bonds. The first kappa shape index (κ1) is 24.5. The van der Waals surface area contributed by atoms with Crippen molar-refractivity contribution in [3.05, 3.63) is 89.0 Å². The van der Waals surface area contributed by atoms with E-state index in [1.807, 2.05) is 19.1 Å². The Kier molecular flexibility index (Phi) is 7.83. The predicted octanol–water partition coefficient (Wildman–Crippen LogP) is 5.50. The minimum Gasteiger partial charge on any atom is -0.495 e. The number of benzene rings is 3. The number of carbonyl (C=O) groups is 2. The van der Waals surface area contributed by atoms with Crippen LogP contribution in [0.25, 0.3) is 0 Å². The van der Waals surface area contributed by atoms with Gasteiger partial charge in [0.2, 0.25) is 5.91 Å². The molecular formula is C29H33N3O3. The second-order valence-electron chi connectivity index (χ2n) is 9.07. The summed E-state index contributed by atoms with van der Waals surface area (Å²) in [6, 6.07) is 20.4. The van der Waals surface area contributed by atoms with E-state index in [-0.39, 0.29) is 23.9 Å². The number of aryl methyl sites for hydroxylation is 2. The molecule has 1 aliphatic rings. The van der Waals surface area contributed by atoms with Gasteiger partial charge in [0.15, 0.2) is 0 Å². The average Bonchev–Trinajstić information content (AvgIpc) is 2.89. The third-order valence-electron chi connectivity index (χ3n) is 6.54. The standard InChI is InChI=1S/C29H33N3O3/c1-19(23-13-12-21-8-4-5-9-24(21)18-23)30-20(2)28(33)31-25-16-14-22(15-17-25)29(34)32-26-10-6-7-11-27(26)35-3/h6-7,10-20,30H,4-5,8-9H2,1-3H3,(H,31,33)(H,32,34)/t19-,20+/m0/s1. The van der Waals surface area contributed by atoms with E-state index in [1.165, 1.54) is 29.5 Å². The van der Waals surface area contributed by atoms with Crippen LogP contribution in [0.3, 0.4) is 0 Å². The van der Waals surface area contributed by atoms with E-state index < -0.39 is 0 Å². The zero-order chi connectivity index (χ0) is 24.8. The first-order valence-electron chi connectivity index (χ1n) is 12.2. The molecule has 0 saturated heterocycles. The monoisotopic (exact) mass is 471 g/mol. The van der Waals surface area contributed by atoms with Crippen LogP contribution < -0.4 is 20.7 Å². The molecule has 0 heterocycles. The van der Waals surface area contributed by atoms with E-state index in [0.717, 1.165) is 12.8 Å². The molecule has 4 rings (SSSR count). The van der Waals surface area contributed by atoms with E-state index in [0.29, 0.717) is 22.7 Å². The summed E-state index contributed by atoms with van der Waals surface area (Å²) in [5, 5.41) is 9.18. The molecule has 182 valence electrons. The van der Waals surface area contributed by atoms with Gasteiger partial charge in [-0.25, -0.2) is 0 Å². The highest BCUT2D eigenvalue weighted by Gasteiger charge is 2.18. The van der Waals surface area contributed by atoms with Crippen molar-refractivity contribution in [3.8, 4) is 5.75 Å². The minimum absolute atomic E-state index is 0.0593. The molecule has 0 radical (unpaired) electrons. The fourth-order valence-corrected chi connectivity index (χ4v) is 4.47. The maximum atomic E-state index is 12.8. The second-order valence-corrected chi connectivity index (χ2v) is 9.07. The van der Waals surface area contributed by atoms with Crippen molar-refractivity contribution in [3.63, 3.8) is 0 Å². The topological polar surface area (TPSA) is 79.5 Å². The molecule has 0 aromatic heterocycles. The van der Waals surface area contributed by atoms with Gasteiger partial charge in [-0.2, -0.15) is 0 Å². The second kappa shape index (κ2) is 11.2. The third kappa shape index (κ3) is 6.08. The lowest BCUT2D eigenvalue weighted by molar-refractivity contribution is -0.117. The highest BCUT2D eigenvalue weighted by Crippen LogP contribution is 2.26. The molecule has 35 heavy (non-hydrogen) atoms. The van der Waals surface area contributed by atoms with E-state index in [9.17, 15) is 9.59 Å². The van der Waals surface area contributed by atoms with Gasteiger partial charge in [0, 0.05) is 17.3 Å². The number of anilines is 2. The molecule has 0 aliphatic heterocycles. The Morgan fingerprint density at radius 2 is 1.57 bits per heavy atom. The third-order valence-corrected chi connectivity index (χ3v) is 6.54. The normalized spacial score (nSPS) is 14.4. The molecule has 0 unspecified atom stereocenters. The van der Waals surface area contributed by atoms with Crippen LogP contribution in [-0.2, 0) is 17.6 Å². The molecular weight excluding hydrogens is 438 g/mol. The van der Waals surface area contributed by atoms with Gasteiger partial charge in [-0.1, -0.05) is 30.3 Å². The molecule has 0 bridgehead atoms. The number of carbonyl (C=O) groups excluding carboxylic acids is 2. The van der Waals surface area contributed by atoms with Crippen molar-refractivity contribution in [1.82, 2.24) is 5.32 Å². The van der Waals surface area contributed by atoms with Crippen LogP contribution in [0.5, 0.6) is 5.75 Å². The number of fused-ring (bicyclic) bond motifs is 1. The van der Waals surface area contributed by atoms with E-state index in [1.54, 1.807) is 43.5 Å². The molecule has 3 N–H and O–H groups in total. The highest BCUT2D eigenvalue weighted by atomic mass is 16.5. The van der Waals surface area contributed by atoms with Gasteiger partial charge in [-0.05, 0) is 92.6 Å². The first-order chi connectivity index (χ1) is 16.9. The molecule has 0 saturated carbocycles. The van der Waals surface area contributed by atoms with Gasteiger partial charge in [-0.3, -0.25) is 14.9 Å². The van der Waals surface area contributed by atoms with Crippen LogP contribution >= 0.6 is 0 Å². The van der Waals surface area contributed by atoms with E-state index in [4.69, 9.17) is 4.74 Å². The Labute approximate surface area is 207 Å². The van der Waals surface area contributed by atoms with Crippen LogP contribution in [0.2, 0.25) is 0 Å². The van der Waals surface area contributed by atoms with Crippen LogP contribution in [0, 0.1) is 0 Å². The Hall–Kier alpha value is -3.64. The number of rotatable bonds is 8. The van der Waals surface area contributed by atoms with Crippen LogP contribution in [0.15, 0.2) is 66.7 Å². The summed E-state index contributed by atoms with van der Waals surface area (Å²) < 4.78 is 5.28. The van der Waals surface area contributed by atoms with E-state index >= 15 is 0 Å². The minimum atomic E-state index is -0.380. The number of hydrogen-bond acceptors (Lipinski definition) is 4. The highest BCUT2D eigenvalue weighted by molar-refractivity contribution is 6.05. The number of ether oxygens (including phenoxy) is 1. The summed E-state index contributed by atoms with van der Waals surface area (Å²) in [7, 11) is 1.56. The molecule has 2 atom stereocenters. The number of nitrogens with one attached hydrogen (secondary N) is 3. The SMILES string of the molecule is COc1ccccc1NC(=O)c1ccc(NC(=O)[C@@H](C)N[C@@H](C)c2ccc3c(c2)CCCC3)cc1. The quantitative estimate of drug-likeness (QED) is 0.405. The fourth-order valence-electron chi connectivity index (χ4n) is 4.47. The zero-order valence-electron chi connectivity index (χ0n) is 20.6. The molecule has 0 fully saturated rings. The van der Waals surface area contributed by atoms with Gasteiger partial charge in [0.25, 0.3) is 5.91 Å². The maximum Gasteiger partial charge on any atom is 0.255 e. The summed E-state index contributed by atoms with van der Waals surface area (Å²) >= 11 is 0. The van der Waals surface area contributed by atoms with Crippen LogP contribution in [0.4, 0.5) is 11.4 Å². The molecule has 6 nitrogen and oxygen atoms in total. The van der Waals surface area contributed by atoms with Gasteiger partial charge in [0.1, 0.15) is 5.75 Å². The number of amides is 2. The molecule has 3 aromatic carbocycles. The zero-order valence-corrected chi connectivity index (χ0v) is 20.6. The Bertz CT molecular complexity index is 1190. The molecule has 6 heteroatoms. The summed E-state index contributed by atoms with van der Waals surface area (Å²) in [5.74, 6) is 0.221. The van der Waals surface area contributed by atoms with Crippen molar-refractivity contribution in [1.29, 1.82) is 0 Å². The summed E-state index contributed by atoms with van der Waals surface area (Å²) in [6.07, 6.45) is 4.82. The van der Waals surface area contributed by atoms with Crippen LogP contribution in [0.1, 0.15) is 59.8 Å². The molecule has 1 aliphatic carbocycles. The molecule has 0 spiro atoms. The van der Waals surface area contributed by atoms with Crippen LogP contribution in [-0.4, -0.2) is 25.0 Å². The smallest absolute Gasteiger partial charge is 0.255 e. The van der Waals surface area contributed by atoms with Gasteiger partial charge >= 0.3 is 0 Å². The lowest BCUT2D eigenvalue weighted by Crippen LogP contribution is -2.39. The Morgan fingerprint density at radius 3 is 2.31 bits per heavy atom. The number of para-hydroxylation sites is 2. The first-order valence-corrected chi connectivity index (χ1v) is 12.2.